The van der Waals surface area contributed by atoms with E-state index < -0.39 is 28.8 Å². The van der Waals surface area contributed by atoms with E-state index in [1.807, 2.05) is 0 Å². The number of aromatic amines is 2. The number of nitrogens with zero attached hydrogens (tertiary/aromatic N) is 4. The molecule has 0 atom stereocenters. The van der Waals surface area contributed by atoms with Crippen molar-refractivity contribution < 1.29 is 18.7 Å². The van der Waals surface area contributed by atoms with Gasteiger partial charge in [0.2, 0.25) is 5.88 Å². The van der Waals surface area contributed by atoms with Crippen molar-refractivity contribution in [3.05, 3.63) is 74.5 Å². The van der Waals surface area contributed by atoms with Gasteiger partial charge in [0.25, 0.3) is 5.91 Å². The predicted octanol–water partition coefficient (Wildman–Crippen LogP) is 0.593. The average Bonchev–Trinajstić information content (AvgIpc) is 3.38. The number of anilines is 1. The summed E-state index contributed by atoms with van der Waals surface area (Å²) in [5.41, 5.74) is -0.277. The Hall–Kier alpha value is -4.35. The summed E-state index contributed by atoms with van der Waals surface area (Å²) in [6, 6.07) is 4.90. The van der Waals surface area contributed by atoms with Crippen molar-refractivity contribution in [1.82, 2.24) is 24.6 Å². The highest BCUT2D eigenvalue weighted by Crippen LogP contribution is 2.22. The van der Waals surface area contributed by atoms with Crippen LogP contribution in [0.1, 0.15) is 28.9 Å². The second-order valence-corrected chi connectivity index (χ2v) is 7.24. The molecule has 0 aliphatic heterocycles. The molecule has 12 heteroatoms. The van der Waals surface area contributed by atoms with Gasteiger partial charge >= 0.3 is 5.69 Å². The number of H-pyrrole nitrogens is 2. The normalized spacial score (nSPS) is 14.9. The number of aromatic hydroxyl groups is 1. The van der Waals surface area contributed by atoms with Gasteiger partial charge in [-0.25, -0.2) is 18.6 Å². The molecule has 32 heavy (non-hydrogen) atoms. The Bertz CT molecular complexity index is 1550. The van der Waals surface area contributed by atoms with E-state index >= 15 is 0 Å². The summed E-state index contributed by atoms with van der Waals surface area (Å²) < 4.78 is 29.0. The molecule has 4 aromatic rings. The first-order valence-corrected chi connectivity index (χ1v) is 9.60. The Morgan fingerprint density at radius 1 is 1.31 bits per heavy atom. The lowest BCUT2D eigenvalue weighted by Crippen LogP contribution is -2.23. The van der Waals surface area contributed by atoms with Gasteiger partial charge in [-0.15, -0.1) is 0 Å². The highest BCUT2D eigenvalue weighted by molar-refractivity contribution is 6.04. The average molecular weight is 439 g/mol. The van der Waals surface area contributed by atoms with Crippen LogP contribution in [0.4, 0.5) is 14.6 Å². The summed E-state index contributed by atoms with van der Waals surface area (Å²) in [6.45, 7) is 0. The first-order chi connectivity index (χ1) is 15.4. The zero-order chi connectivity index (χ0) is 22.4. The minimum atomic E-state index is -1.26. The van der Waals surface area contributed by atoms with E-state index in [0.29, 0.717) is 10.7 Å². The molecule has 0 radical (unpaired) electrons. The van der Waals surface area contributed by atoms with Gasteiger partial charge in [-0.3, -0.25) is 14.8 Å². The molecule has 3 aromatic heterocycles. The van der Waals surface area contributed by atoms with Crippen molar-refractivity contribution in [3.63, 3.8) is 0 Å². The molecule has 1 fully saturated rings. The van der Waals surface area contributed by atoms with Gasteiger partial charge in [0.15, 0.2) is 22.8 Å². The van der Waals surface area contributed by atoms with Gasteiger partial charge in [0.05, 0.1) is 17.8 Å². The van der Waals surface area contributed by atoms with Crippen molar-refractivity contribution in [2.24, 2.45) is 4.99 Å². The van der Waals surface area contributed by atoms with Crippen LogP contribution in [0.3, 0.4) is 0 Å². The topological polar surface area (TPSA) is 141 Å². The first kappa shape index (κ1) is 19.6. The van der Waals surface area contributed by atoms with Crippen LogP contribution in [0.5, 0.6) is 5.88 Å². The van der Waals surface area contributed by atoms with Crippen molar-refractivity contribution in [3.8, 4) is 5.88 Å². The fourth-order valence-electron chi connectivity index (χ4n) is 3.12. The zero-order valence-corrected chi connectivity index (χ0v) is 16.3. The SMILES string of the molecule is O=C(Nc1cc(=NC2CC2)n2nc/c(=C\c3[nH]c(=O)[nH]c3O)c2n1)c1cccc(F)c1F. The zero-order valence-electron chi connectivity index (χ0n) is 16.3. The van der Waals surface area contributed by atoms with Crippen molar-refractivity contribution in [2.45, 2.75) is 18.9 Å². The Labute approximate surface area is 177 Å². The van der Waals surface area contributed by atoms with Gasteiger partial charge in [-0.05, 0) is 31.1 Å². The summed E-state index contributed by atoms with van der Waals surface area (Å²) in [7, 11) is 0. The van der Waals surface area contributed by atoms with E-state index in [1.54, 1.807) is 0 Å². The molecule has 5 rings (SSSR count). The standard InChI is InChI=1S/C20H15F2N7O3/c21-12-3-1-2-11(16(12)22)18(30)27-14-7-15(24-10-4-5-10)29-17(26-14)9(8-23-29)6-13-19(31)28-20(32)25-13/h1-3,6-8,10,31H,4-5H2,(H,27,30)(H2,25,28,32)/b9-6+,24-15?. The van der Waals surface area contributed by atoms with Gasteiger partial charge in [-0.1, -0.05) is 6.07 Å². The minimum Gasteiger partial charge on any atom is -0.493 e. The maximum absolute atomic E-state index is 14.0. The molecule has 0 unspecified atom stereocenters. The summed E-state index contributed by atoms with van der Waals surface area (Å²) in [5, 5.41) is 17.0. The second kappa shape index (κ2) is 7.41. The molecule has 1 aliphatic rings. The number of hydrogen-bond donors (Lipinski definition) is 4. The third-order valence-corrected chi connectivity index (χ3v) is 4.81. The molecule has 162 valence electrons. The fraction of sp³-hybridized carbons (Fsp3) is 0.150. The van der Waals surface area contributed by atoms with E-state index in [-0.39, 0.29) is 29.1 Å². The van der Waals surface area contributed by atoms with Gasteiger partial charge in [0, 0.05) is 11.3 Å². The number of benzene rings is 1. The summed E-state index contributed by atoms with van der Waals surface area (Å²) >= 11 is 0. The van der Waals surface area contributed by atoms with Crippen LogP contribution in [-0.2, 0) is 0 Å². The lowest BCUT2D eigenvalue weighted by Gasteiger charge is -2.07. The number of carbonyl (C=O) groups excluding carboxylic acids is 1. The molecule has 1 amide bonds. The molecular weight excluding hydrogens is 424 g/mol. The monoisotopic (exact) mass is 439 g/mol. The molecule has 0 spiro atoms. The first-order valence-electron chi connectivity index (χ1n) is 9.60. The summed E-state index contributed by atoms with van der Waals surface area (Å²) in [4.78, 5) is 37.5. The van der Waals surface area contributed by atoms with Crippen molar-refractivity contribution in [2.75, 3.05) is 5.32 Å². The smallest absolute Gasteiger partial charge is 0.326 e. The van der Waals surface area contributed by atoms with Crippen LogP contribution >= 0.6 is 0 Å². The number of rotatable bonds is 4. The third kappa shape index (κ3) is 3.62. The number of aromatic nitrogens is 5. The third-order valence-electron chi connectivity index (χ3n) is 4.81. The number of fused-ring (bicyclic) bond motifs is 1. The lowest BCUT2D eigenvalue weighted by atomic mass is 10.2. The molecule has 10 nitrogen and oxygen atoms in total. The van der Waals surface area contributed by atoms with Crippen LogP contribution in [0.2, 0.25) is 0 Å². The van der Waals surface area contributed by atoms with Gasteiger partial charge in [-0.2, -0.15) is 9.61 Å². The molecule has 3 heterocycles. The van der Waals surface area contributed by atoms with Gasteiger partial charge in [0.1, 0.15) is 11.5 Å². The molecule has 1 saturated carbocycles. The fourth-order valence-corrected chi connectivity index (χ4v) is 3.12. The Kier molecular flexibility index (Phi) is 4.54. The number of halogens is 2. The maximum atomic E-state index is 14.0. The summed E-state index contributed by atoms with van der Waals surface area (Å²) in [6.07, 6.45) is 4.73. The summed E-state index contributed by atoms with van der Waals surface area (Å²) in [5.74, 6) is -3.60. The van der Waals surface area contributed by atoms with E-state index in [4.69, 9.17) is 0 Å². The highest BCUT2D eigenvalue weighted by atomic mass is 19.2. The van der Waals surface area contributed by atoms with Crippen LogP contribution < -0.4 is 21.7 Å². The lowest BCUT2D eigenvalue weighted by molar-refractivity contribution is 0.102. The number of hydrogen-bond acceptors (Lipinski definition) is 6. The molecule has 1 aromatic carbocycles. The van der Waals surface area contributed by atoms with E-state index in [9.17, 15) is 23.5 Å². The van der Waals surface area contributed by atoms with Gasteiger partial charge < -0.3 is 15.4 Å². The number of imidazole rings is 1. The Balaban J connectivity index is 1.63. The predicted molar refractivity (Wildman–Crippen MR) is 108 cm³/mol. The Morgan fingerprint density at radius 2 is 2.12 bits per heavy atom. The molecular formula is C20H15F2N7O3. The Morgan fingerprint density at radius 3 is 2.84 bits per heavy atom. The van der Waals surface area contributed by atoms with E-state index in [2.05, 4.69) is 30.4 Å². The minimum absolute atomic E-state index is 0.0486. The van der Waals surface area contributed by atoms with E-state index in [1.165, 1.54) is 28.9 Å². The van der Waals surface area contributed by atoms with Crippen LogP contribution in [0, 0.1) is 11.6 Å². The van der Waals surface area contributed by atoms with Crippen molar-refractivity contribution in [1.29, 1.82) is 0 Å². The molecule has 4 N–H and O–H groups in total. The maximum Gasteiger partial charge on any atom is 0.326 e. The largest absolute Gasteiger partial charge is 0.493 e. The molecule has 0 saturated heterocycles. The quantitative estimate of drug-likeness (QED) is 0.369. The van der Waals surface area contributed by atoms with Crippen molar-refractivity contribution >= 4 is 23.4 Å². The molecule has 0 bridgehead atoms. The van der Waals surface area contributed by atoms with Crippen LogP contribution in [-0.4, -0.2) is 41.6 Å². The second-order valence-electron chi connectivity index (χ2n) is 7.24. The molecule has 1 aliphatic carbocycles. The highest BCUT2D eigenvalue weighted by Gasteiger charge is 2.21. The van der Waals surface area contributed by atoms with Crippen LogP contribution in [0.25, 0.3) is 11.7 Å². The van der Waals surface area contributed by atoms with E-state index in [0.717, 1.165) is 25.0 Å². The van der Waals surface area contributed by atoms with Crippen LogP contribution in [0.15, 0.2) is 40.2 Å². The number of carbonyl (C=O) groups is 1. The number of amides is 1. The number of nitrogens with one attached hydrogen (secondary N) is 3.